The number of hydrogen-bond acceptors (Lipinski definition) is 6. The maximum atomic E-state index is 12.8. The van der Waals surface area contributed by atoms with Crippen LogP contribution in [-0.2, 0) is 4.79 Å². The number of aromatic nitrogens is 3. The van der Waals surface area contributed by atoms with Crippen molar-refractivity contribution < 1.29 is 19.1 Å². The summed E-state index contributed by atoms with van der Waals surface area (Å²) in [5.41, 5.74) is 3.24. The fraction of sp³-hybridized carbons (Fsp3) is 0.222. The number of benzene rings is 2. The first kappa shape index (κ1) is 23.2. The van der Waals surface area contributed by atoms with Gasteiger partial charge in [0.25, 0.3) is 11.8 Å². The summed E-state index contributed by atoms with van der Waals surface area (Å²) in [6, 6.07) is 16.2. The highest BCUT2D eigenvalue weighted by Gasteiger charge is 2.34. The van der Waals surface area contributed by atoms with Gasteiger partial charge in [-0.15, -0.1) is 0 Å². The minimum Gasteiger partial charge on any atom is -0.494 e. The van der Waals surface area contributed by atoms with Crippen LogP contribution in [-0.4, -0.2) is 51.0 Å². The molecule has 9 nitrogen and oxygen atoms in total. The van der Waals surface area contributed by atoms with Gasteiger partial charge in [-0.2, -0.15) is 9.78 Å². The molecule has 0 unspecified atom stereocenters. The number of rotatable bonds is 7. The van der Waals surface area contributed by atoms with Crippen molar-refractivity contribution in [3.63, 3.8) is 0 Å². The van der Waals surface area contributed by atoms with Crippen LogP contribution in [0.1, 0.15) is 44.8 Å². The number of pyridine rings is 1. The average molecular weight is 484 g/mol. The molecule has 1 aliphatic heterocycles. The predicted molar refractivity (Wildman–Crippen MR) is 135 cm³/mol. The Hall–Kier alpha value is -4.53. The lowest BCUT2D eigenvalue weighted by Gasteiger charge is -2.14. The van der Waals surface area contributed by atoms with Gasteiger partial charge in [-0.25, -0.2) is 4.98 Å². The molecule has 1 aliphatic rings. The van der Waals surface area contributed by atoms with Crippen molar-refractivity contribution in [3.8, 4) is 11.6 Å². The molecule has 0 atom stereocenters. The molecule has 36 heavy (non-hydrogen) atoms. The summed E-state index contributed by atoms with van der Waals surface area (Å²) in [6.45, 7) is 3.99. The third kappa shape index (κ3) is 4.08. The zero-order chi connectivity index (χ0) is 25.4. The quantitative estimate of drug-likeness (QED) is 0.397. The Kier molecular flexibility index (Phi) is 5.97. The van der Waals surface area contributed by atoms with Gasteiger partial charge in [0.15, 0.2) is 5.82 Å². The van der Waals surface area contributed by atoms with E-state index in [0.29, 0.717) is 40.4 Å². The van der Waals surface area contributed by atoms with Crippen molar-refractivity contribution in [1.82, 2.24) is 19.7 Å². The minimum atomic E-state index is -0.321. The first-order valence-corrected chi connectivity index (χ1v) is 11.6. The molecule has 0 fully saturated rings. The molecular weight excluding hydrogens is 458 g/mol. The lowest BCUT2D eigenvalue weighted by Crippen LogP contribution is -2.31. The molecule has 3 amide bonds. The van der Waals surface area contributed by atoms with E-state index in [1.165, 1.54) is 4.90 Å². The second-order valence-corrected chi connectivity index (χ2v) is 8.70. The molecule has 0 saturated heterocycles. The number of anilines is 1. The van der Waals surface area contributed by atoms with Crippen molar-refractivity contribution in [2.45, 2.75) is 26.7 Å². The van der Waals surface area contributed by atoms with Crippen molar-refractivity contribution >= 4 is 34.4 Å². The Morgan fingerprint density at radius 1 is 1.00 bits per heavy atom. The number of amides is 3. The van der Waals surface area contributed by atoms with E-state index in [-0.39, 0.29) is 30.7 Å². The number of hydrogen-bond donors (Lipinski definition) is 1. The molecular formula is C27H25N5O4. The zero-order valence-electron chi connectivity index (χ0n) is 20.2. The summed E-state index contributed by atoms with van der Waals surface area (Å²) in [6.07, 6.45) is 0.477. The second-order valence-electron chi connectivity index (χ2n) is 8.70. The number of aryl methyl sites for hydroxylation is 2. The first-order chi connectivity index (χ1) is 17.4. The van der Waals surface area contributed by atoms with Crippen molar-refractivity contribution in [2.75, 3.05) is 19.0 Å². The first-order valence-electron chi connectivity index (χ1n) is 11.6. The molecule has 0 spiro atoms. The SMILES string of the molecule is COc1cccc2c(C)cc(-n3nc(C)cc3NC(=O)CCCN3C(=O)c4ccccc4C3=O)nc12. The Morgan fingerprint density at radius 3 is 2.42 bits per heavy atom. The van der Waals surface area contributed by atoms with E-state index in [1.807, 2.05) is 38.1 Å². The number of carbonyl (C=O) groups excluding carboxylic acids is 3. The fourth-order valence-electron chi connectivity index (χ4n) is 4.46. The Balaban J connectivity index is 1.30. The second kappa shape index (κ2) is 9.26. The highest BCUT2D eigenvalue weighted by molar-refractivity contribution is 6.21. The van der Waals surface area contributed by atoms with E-state index in [9.17, 15) is 14.4 Å². The van der Waals surface area contributed by atoms with Crippen molar-refractivity contribution in [2.24, 2.45) is 0 Å². The number of nitrogens with zero attached hydrogens (tertiary/aromatic N) is 4. The van der Waals surface area contributed by atoms with Gasteiger partial charge < -0.3 is 10.1 Å². The lowest BCUT2D eigenvalue weighted by atomic mass is 10.1. The number of methoxy groups -OCH3 is 1. The number of carbonyl (C=O) groups is 3. The average Bonchev–Trinajstić information content (AvgIpc) is 3.35. The Bertz CT molecular complexity index is 1490. The van der Waals surface area contributed by atoms with E-state index >= 15 is 0 Å². The summed E-state index contributed by atoms with van der Waals surface area (Å²) < 4.78 is 7.08. The van der Waals surface area contributed by atoms with Crippen LogP contribution in [0.4, 0.5) is 5.82 Å². The van der Waals surface area contributed by atoms with E-state index in [0.717, 1.165) is 16.6 Å². The maximum absolute atomic E-state index is 12.8. The van der Waals surface area contributed by atoms with Crippen LogP contribution in [0.3, 0.4) is 0 Å². The highest BCUT2D eigenvalue weighted by atomic mass is 16.5. The molecule has 3 heterocycles. The van der Waals surface area contributed by atoms with Gasteiger partial charge in [-0.05, 0) is 50.1 Å². The molecule has 4 aromatic rings. The minimum absolute atomic E-state index is 0.135. The summed E-state index contributed by atoms with van der Waals surface area (Å²) in [7, 11) is 1.60. The fourth-order valence-corrected chi connectivity index (χ4v) is 4.46. The van der Waals surface area contributed by atoms with Crippen LogP contribution in [0.15, 0.2) is 54.6 Å². The third-order valence-electron chi connectivity index (χ3n) is 6.20. The number of imide groups is 1. The lowest BCUT2D eigenvalue weighted by molar-refractivity contribution is -0.116. The van der Waals surface area contributed by atoms with Gasteiger partial charge in [-0.1, -0.05) is 24.3 Å². The van der Waals surface area contributed by atoms with Crippen molar-refractivity contribution in [3.05, 3.63) is 77.0 Å². The smallest absolute Gasteiger partial charge is 0.261 e. The van der Waals surface area contributed by atoms with Crippen LogP contribution in [0.5, 0.6) is 5.75 Å². The number of fused-ring (bicyclic) bond motifs is 2. The molecule has 1 N–H and O–H groups in total. The Morgan fingerprint density at radius 2 is 1.72 bits per heavy atom. The molecule has 2 aromatic carbocycles. The monoisotopic (exact) mass is 483 g/mol. The van der Waals surface area contributed by atoms with Crippen LogP contribution in [0.25, 0.3) is 16.7 Å². The molecule has 0 saturated carbocycles. The zero-order valence-corrected chi connectivity index (χ0v) is 20.2. The van der Waals surface area contributed by atoms with Gasteiger partial charge in [0, 0.05) is 24.4 Å². The molecule has 0 radical (unpaired) electrons. The molecule has 0 aliphatic carbocycles. The van der Waals surface area contributed by atoms with Gasteiger partial charge in [0.05, 0.1) is 23.9 Å². The number of para-hydroxylation sites is 1. The Labute approximate surface area is 207 Å². The van der Waals surface area contributed by atoms with E-state index in [2.05, 4.69) is 10.4 Å². The van der Waals surface area contributed by atoms with E-state index in [4.69, 9.17) is 9.72 Å². The highest BCUT2D eigenvalue weighted by Crippen LogP contribution is 2.29. The van der Waals surface area contributed by atoms with Gasteiger partial charge in [0.1, 0.15) is 17.1 Å². The van der Waals surface area contributed by atoms with Crippen LogP contribution in [0, 0.1) is 13.8 Å². The standard InChI is InChI=1S/C27H25N5O4/c1-16-14-22(29-25-18(16)10-6-11-21(25)36-3)32-23(15-17(2)30-32)28-24(33)12-7-13-31-26(34)19-8-4-5-9-20(19)27(31)35/h4-6,8-11,14-15H,7,12-13H2,1-3H3,(H,28,33). The van der Waals surface area contributed by atoms with Gasteiger partial charge in [0.2, 0.25) is 5.91 Å². The summed E-state index contributed by atoms with van der Waals surface area (Å²) >= 11 is 0. The normalized spacial score (nSPS) is 12.8. The topological polar surface area (TPSA) is 106 Å². The van der Waals surface area contributed by atoms with Gasteiger partial charge in [-0.3, -0.25) is 19.3 Å². The van der Waals surface area contributed by atoms with Crippen LogP contribution in [0.2, 0.25) is 0 Å². The largest absolute Gasteiger partial charge is 0.494 e. The number of ether oxygens (including phenoxy) is 1. The third-order valence-corrected chi connectivity index (χ3v) is 6.20. The van der Waals surface area contributed by atoms with E-state index in [1.54, 1.807) is 42.1 Å². The van der Waals surface area contributed by atoms with Crippen molar-refractivity contribution in [1.29, 1.82) is 0 Å². The molecule has 5 rings (SSSR count). The number of nitrogens with one attached hydrogen (secondary N) is 1. The summed E-state index contributed by atoms with van der Waals surface area (Å²) in [5, 5.41) is 8.39. The molecule has 0 bridgehead atoms. The van der Waals surface area contributed by atoms with Crippen LogP contribution >= 0.6 is 0 Å². The summed E-state index contributed by atoms with van der Waals surface area (Å²) in [4.78, 5) is 43.7. The molecule has 182 valence electrons. The summed E-state index contributed by atoms with van der Waals surface area (Å²) in [5.74, 6) is 0.803. The molecule has 2 aromatic heterocycles. The van der Waals surface area contributed by atoms with Crippen LogP contribution < -0.4 is 10.1 Å². The maximum Gasteiger partial charge on any atom is 0.261 e. The predicted octanol–water partition coefficient (Wildman–Crippen LogP) is 4.06. The molecule has 9 heteroatoms. The van der Waals surface area contributed by atoms with E-state index < -0.39 is 0 Å². The van der Waals surface area contributed by atoms with Gasteiger partial charge >= 0.3 is 0 Å².